The maximum Gasteiger partial charge on any atom is 0.101 e. The monoisotopic (exact) mass is 184 g/mol. The van der Waals surface area contributed by atoms with Crippen LogP contribution >= 0.6 is 11.8 Å². The van der Waals surface area contributed by atoms with Gasteiger partial charge >= 0.3 is 0 Å². The van der Waals surface area contributed by atoms with Gasteiger partial charge in [-0.1, -0.05) is 24.6 Å². The van der Waals surface area contributed by atoms with Gasteiger partial charge < -0.3 is 0 Å². The van der Waals surface area contributed by atoms with Crippen molar-refractivity contribution in [1.82, 2.24) is 0 Å². The predicted molar refractivity (Wildman–Crippen MR) is 52.5 cm³/mol. The van der Waals surface area contributed by atoms with Crippen molar-refractivity contribution in [2.45, 2.75) is 24.0 Å². The number of benzene rings is 1. The van der Waals surface area contributed by atoms with E-state index in [9.17, 15) is 4.39 Å². The topological polar surface area (TPSA) is 0 Å². The first-order valence-electron chi connectivity index (χ1n) is 4.01. The fourth-order valence-corrected chi connectivity index (χ4v) is 1.70. The second-order valence-corrected chi connectivity index (χ2v) is 4.41. The minimum atomic E-state index is -0.265. The van der Waals surface area contributed by atoms with E-state index in [-0.39, 0.29) is 11.9 Å². The molecule has 0 aliphatic rings. The summed E-state index contributed by atoms with van der Waals surface area (Å²) in [6.45, 7) is 3.68. The molecule has 0 spiro atoms. The summed E-state index contributed by atoms with van der Waals surface area (Å²) in [6.07, 6.45) is 0. The number of hydrogen-bond acceptors (Lipinski definition) is 1. The molecule has 1 aromatic rings. The molecule has 66 valence electrons. The highest BCUT2D eigenvalue weighted by molar-refractivity contribution is 8.00. The number of alkyl halides is 1. The van der Waals surface area contributed by atoms with Crippen molar-refractivity contribution in [1.29, 1.82) is 0 Å². The Labute approximate surface area is 77.2 Å². The van der Waals surface area contributed by atoms with Crippen LogP contribution in [0.4, 0.5) is 4.39 Å². The van der Waals surface area contributed by atoms with Crippen LogP contribution in [0.15, 0.2) is 29.2 Å². The number of aryl methyl sites for hydroxylation is 1. The average Bonchev–Trinajstić information content (AvgIpc) is 2.09. The molecule has 0 aliphatic heterocycles. The Bertz CT molecular complexity index is 230. The molecule has 1 atom stereocenters. The van der Waals surface area contributed by atoms with E-state index < -0.39 is 0 Å². The second kappa shape index (κ2) is 4.51. The van der Waals surface area contributed by atoms with Crippen molar-refractivity contribution in [3.8, 4) is 0 Å². The first kappa shape index (κ1) is 9.59. The zero-order valence-electron chi connectivity index (χ0n) is 7.38. The second-order valence-electron chi connectivity index (χ2n) is 2.90. The Morgan fingerprint density at radius 2 is 1.92 bits per heavy atom. The summed E-state index contributed by atoms with van der Waals surface area (Å²) < 4.78 is 12.1. The molecule has 2 heteroatoms. The fraction of sp³-hybridized carbons (Fsp3) is 0.400. The lowest BCUT2D eigenvalue weighted by Gasteiger charge is -2.05. The molecule has 0 saturated carbocycles. The highest BCUT2D eigenvalue weighted by Crippen LogP contribution is 2.23. The van der Waals surface area contributed by atoms with Crippen molar-refractivity contribution >= 4 is 11.8 Å². The zero-order chi connectivity index (χ0) is 8.97. The summed E-state index contributed by atoms with van der Waals surface area (Å²) in [5.74, 6) is 0. The Balaban J connectivity index is 2.58. The molecule has 0 bridgehead atoms. The Hall–Kier alpha value is -0.500. The van der Waals surface area contributed by atoms with E-state index >= 15 is 0 Å². The Morgan fingerprint density at radius 3 is 2.42 bits per heavy atom. The molecule has 0 heterocycles. The number of thioether (sulfide) groups is 1. The van der Waals surface area contributed by atoms with Gasteiger partial charge in [-0.3, -0.25) is 0 Å². The summed E-state index contributed by atoms with van der Waals surface area (Å²) in [4.78, 5) is 1.14. The third-order valence-corrected chi connectivity index (χ3v) is 2.65. The molecule has 12 heavy (non-hydrogen) atoms. The van der Waals surface area contributed by atoms with Crippen LogP contribution in [-0.4, -0.2) is 11.9 Å². The Morgan fingerprint density at radius 1 is 1.33 bits per heavy atom. The minimum Gasteiger partial charge on any atom is -0.250 e. The summed E-state index contributed by atoms with van der Waals surface area (Å²) in [5, 5.41) is 0.0627. The molecular weight excluding hydrogens is 171 g/mol. The van der Waals surface area contributed by atoms with E-state index in [2.05, 4.69) is 0 Å². The Kier molecular flexibility index (Phi) is 3.60. The molecule has 0 N–H and O–H groups in total. The smallest absolute Gasteiger partial charge is 0.101 e. The highest BCUT2D eigenvalue weighted by atomic mass is 32.2. The molecule has 0 amide bonds. The van der Waals surface area contributed by atoms with E-state index in [1.54, 1.807) is 11.8 Å². The highest BCUT2D eigenvalue weighted by Gasteiger charge is 2.02. The molecule has 0 radical (unpaired) electrons. The minimum absolute atomic E-state index is 0.0627. The van der Waals surface area contributed by atoms with Gasteiger partial charge in [0.25, 0.3) is 0 Å². The van der Waals surface area contributed by atoms with Crippen LogP contribution in [0.25, 0.3) is 0 Å². The third-order valence-electron chi connectivity index (χ3n) is 1.58. The maximum absolute atomic E-state index is 12.1. The van der Waals surface area contributed by atoms with E-state index in [1.165, 1.54) is 5.56 Å². The SMILES string of the molecule is Cc1ccc(SC(C)CF)cc1. The largest absolute Gasteiger partial charge is 0.250 e. The van der Waals surface area contributed by atoms with Crippen molar-refractivity contribution in [2.75, 3.05) is 6.67 Å². The van der Waals surface area contributed by atoms with E-state index in [0.29, 0.717) is 0 Å². The maximum atomic E-state index is 12.1. The summed E-state index contributed by atoms with van der Waals surface area (Å²) in [6, 6.07) is 8.17. The molecule has 1 unspecified atom stereocenters. The lowest BCUT2D eigenvalue weighted by Crippen LogP contribution is -1.96. The zero-order valence-corrected chi connectivity index (χ0v) is 8.20. The van der Waals surface area contributed by atoms with Crippen LogP contribution in [-0.2, 0) is 0 Å². The van der Waals surface area contributed by atoms with Crippen molar-refractivity contribution in [3.63, 3.8) is 0 Å². The van der Waals surface area contributed by atoms with Gasteiger partial charge in [0, 0.05) is 10.1 Å². The van der Waals surface area contributed by atoms with Crippen molar-refractivity contribution in [2.24, 2.45) is 0 Å². The van der Waals surface area contributed by atoms with Gasteiger partial charge in [0.2, 0.25) is 0 Å². The average molecular weight is 184 g/mol. The summed E-state index contributed by atoms with van der Waals surface area (Å²) in [7, 11) is 0. The van der Waals surface area contributed by atoms with Crippen LogP contribution < -0.4 is 0 Å². The lowest BCUT2D eigenvalue weighted by atomic mass is 10.2. The van der Waals surface area contributed by atoms with Gasteiger partial charge in [-0.15, -0.1) is 11.8 Å². The van der Waals surface area contributed by atoms with Crippen LogP contribution in [0.5, 0.6) is 0 Å². The van der Waals surface area contributed by atoms with Gasteiger partial charge in [-0.05, 0) is 19.1 Å². The number of halogens is 1. The molecule has 0 aromatic heterocycles. The van der Waals surface area contributed by atoms with Gasteiger partial charge in [0.05, 0.1) is 0 Å². The first-order chi connectivity index (χ1) is 5.72. The molecular formula is C10H13FS. The van der Waals surface area contributed by atoms with Crippen molar-refractivity contribution in [3.05, 3.63) is 29.8 Å². The quantitative estimate of drug-likeness (QED) is 0.648. The van der Waals surface area contributed by atoms with E-state index in [4.69, 9.17) is 0 Å². The summed E-state index contributed by atoms with van der Waals surface area (Å²) in [5.41, 5.74) is 1.24. The summed E-state index contributed by atoms with van der Waals surface area (Å²) >= 11 is 1.58. The molecule has 0 saturated heterocycles. The van der Waals surface area contributed by atoms with Gasteiger partial charge in [-0.25, -0.2) is 4.39 Å². The standard InChI is InChI=1S/C10H13FS/c1-8-3-5-10(6-4-8)12-9(2)7-11/h3-6,9H,7H2,1-2H3. The molecule has 1 rings (SSSR count). The van der Waals surface area contributed by atoms with Crippen LogP contribution in [0.3, 0.4) is 0 Å². The molecule has 0 fully saturated rings. The van der Waals surface area contributed by atoms with Crippen LogP contribution in [0.2, 0.25) is 0 Å². The van der Waals surface area contributed by atoms with Gasteiger partial charge in [0.15, 0.2) is 0 Å². The van der Waals surface area contributed by atoms with E-state index in [1.807, 2.05) is 38.1 Å². The molecule has 1 aromatic carbocycles. The molecule has 0 aliphatic carbocycles. The molecule has 0 nitrogen and oxygen atoms in total. The van der Waals surface area contributed by atoms with Crippen LogP contribution in [0.1, 0.15) is 12.5 Å². The van der Waals surface area contributed by atoms with Crippen LogP contribution in [0, 0.1) is 6.92 Å². The van der Waals surface area contributed by atoms with Gasteiger partial charge in [0.1, 0.15) is 6.67 Å². The third kappa shape index (κ3) is 2.86. The van der Waals surface area contributed by atoms with Crippen molar-refractivity contribution < 1.29 is 4.39 Å². The van der Waals surface area contributed by atoms with Gasteiger partial charge in [-0.2, -0.15) is 0 Å². The lowest BCUT2D eigenvalue weighted by molar-refractivity contribution is 0.494. The fourth-order valence-electron chi connectivity index (χ4n) is 0.881. The number of hydrogen-bond donors (Lipinski definition) is 0. The van der Waals surface area contributed by atoms with E-state index in [0.717, 1.165) is 4.90 Å². The number of rotatable bonds is 3. The predicted octanol–water partition coefficient (Wildman–Crippen LogP) is 3.45. The first-order valence-corrected chi connectivity index (χ1v) is 4.89. The normalized spacial score (nSPS) is 12.9.